The minimum absolute atomic E-state index is 0.0867. The van der Waals surface area contributed by atoms with Crippen LogP contribution in [0, 0.1) is 5.92 Å². The number of nitrogen functional groups attached to an aromatic ring is 1. The molecule has 0 aromatic heterocycles. The molecule has 1 aromatic carbocycles. The van der Waals surface area contributed by atoms with Gasteiger partial charge in [0, 0.05) is 19.8 Å². The number of ether oxygens (including phenoxy) is 1. The first-order valence-electron chi connectivity index (χ1n) is 6.18. The van der Waals surface area contributed by atoms with E-state index in [1.54, 1.807) is 25.1 Å². The number of anilines is 2. The quantitative estimate of drug-likeness (QED) is 0.341. The highest BCUT2D eigenvalue weighted by molar-refractivity contribution is 5.96. The number of carbonyl (C=O) groups is 3. The number of hydrogen-bond acceptors (Lipinski definition) is 6. The van der Waals surface area contributed by atoms with E-state index in [1.807, 2.05) is 0 Å². The smallest absolute Gasteiger partial charge is 0.320 e. The summed E-state index contributed by atoms with van der Waals surface area (Å²) in [6.07, 6.45) is 0.527. The maximum Gasteiger partial charge on any atom is 0.320 e. The van der Waals surface area contributed by atoms with Gasteiger partial charge >= 0.3 is 11.9 Å². The molecule has 21 heavy (non-hydrogen) atoms. The number of carbonyl (C=O) groups excluding carboxylic acids is 2. The molecule has 0 fully saturated rings. The largest absolute Gasteiger partial charge is 0.481 e. The number of aliphatic carboxylic acids is 1. The van der Waals surface area contributed by atoms with Crippen molar-refractivity contribution >= 4 is 29.6 Å². The van der Waals surface area contributed by atoms with Gasteiger partial charge in [0.1, 0.15) is 0 Å². The van der Waals surface area contributed by atoms with E-state index >= 15 is 0 Å². The molecule has 1 aromatic rings. The Kier molecular flexibility index (Phi) is 5.29. The van der Waals surface area contributed by atoms with Crippen LogP contribution in [0.3, 0.4) is 0 Å². The number of nitrogens with two attached hydrogens (primary N) is 1. The molecule has 0 amide bonds. The average Bonchev–Trinajstić information content (AvgIpc) is 2.43. The number of benzene rings is 1. The number of esters is 1. The van der Waals surface area contributed by atoms with Crippen LogP contribution in [0.2, 0.25) is 0 Å². The van der Waals surface area contributed by atoms with Gasteiger partial charge in [-0.25, -0.2) is 0 Å². The fourth-order valence-electron chi connectivity index (χ4n) is 2.12. The number of carboxylic acids is 1. The monoisotopic (exact) mass is 294 g/mol. The third-order valence-corrected chi connectivity index (χ3v) is 3.11. The van der Waals surface area contributed by atoms with E-state index in [0.717, 1.165) is 7.11 Å². The molecule has 0 aliphatic rings. The van der Waals surface area contributed by atoms with Gasteiger partial charge in [-0.05, 0) is 18.1 Å². The molecule has 1 atom stereocenters. The SMILES string of the molecule is COC(=O)C(Cc1ccc(N)c(C=O)c1N(C)C)C(=O)O. The third kappa shape index (κ3) is 3.50. The van der Waals surface area contributed by atoms with E-state index < -0.39 is 17.9 Å². The van der Waals surface area contributed by atoms with Gasteiger partial charge in [0.05, 0.1) is 18.4 Å². The lowest BCUT2D eigenvalue weighted by Crippen LogP contribution is -2.28. The lowest BCUT2D eigenvalue weighted by molar-refractivity contribution is -0.156. The average molecular weight is 294 g/mol. The Bertz CT molecular complexity index is 569. The van der Waals surface area contributed by atoms with Gasteiger partial charge in [-0.15, -0.1) is 0 Å². The highest BCUT2D eigenvalue weighted by atomic mass is 16.5. The third-order valence-electron chi connectivity index (χ3n) is 3.11. The molecule has 0 radical (unpaired) electrons. The van der Waals surface area contributed by atoms with E-state index in [9.17, 15) is 14.4 Å². The first-order valence-corrected chi connectivity index (χ1v) is 6.18. The van der Waals surface area contributed by atoms with Gasteiger partial charge in [0.2, 0.25) is 0 Å². The highest BCUT2D eigenvalue weighted by Gasteiger charge is 2.29. The fourth-order valence-corrected chi connectivity index (χ4v) is 2.12. The van der Waals surface area contributed by atoms with Crippen molar-refractivity contribution in [1.29, 1.82) is 0 Å². The lowest BCUT2D eigenvalue weighted by Gasteiger charge is -2.22. The number of nitrogens with zero attached hydrogens (tertiary/aromatic N) is 1. The van der Waals surface area contributed by atoms with Crippen molar-refractivity contribution in [3.05, 3.63) is 23.3 Å². The molecule has 0 bridgehead atoms. The maximum absolute atomic E-state index is 11.5. The first kappa shape index (κ1) is 16.5. The molecule has 1 unspecified atom stereocenters. The summed E-state index contributed by atoms with van der Waals surface area (Å²) in [5.74, 6) is -3.45. The number of carboxylic acid groups (broad SMARTS) is 1. The van der Waals surface area contributed by atoms with E-state index in [0.29, 0.717) is 23.2 Å². The summed E-state index contributed by atoms with van der Waals surface area (Å²) in [6.45, 7) is 0. The summed E-state index contributed by atoms with van der Waals surface area (Å²) < 4.78 is 4.50. The maximum atomic E-state index is 11.5. The second kappa shape index (κ2) is 6.74. The Morgan fingerprint density at radius 1 is 1.43 bits per heavy atom. The van der Waals surface area contributed by atoms with Crippen LogP contribution < -0.4 is 10.6 Å². The van der Waals surface area contributed by atoms with Crippen LogP contribution >= 0.6 is 0 Å². The van der Waals surface area contributed by atoms with Gasteiger partial charge in [0.25, 0.3) is 0 Å². The first-order chi connectivity index (χ1) is 9.83. The topological polar surface area (TPSA) is 110 Å². The van der Waals surface area contributed by atoms with Crippen LogP contribution in [0.4, 0.5) is 11.4 Å². The molecule has 7 heteroatoms. The fraction of sp³-hybridized carbons (Fsp3) is 0.357. The van der Waals surface area contributed by atoms with Crippen molar-refractivity contribution in [2.24, 2.45) is 5.92 Å². The van der Waals surface area contributed by atoms with E-state index in [2.05, 4.69) is 4.74 Å². The van der Waals surface area contributed by atoms with E-state index in [-0.39, 0.29) is 12.0 Å². The van der Waals surface area contributed by atoms with Crippen molar-refractivity contribution in [3.63, 3.8) is 0 Å². The summed E-state index contributed by atoms with van der Waals surface area (Å²) in [4.78, 5) is 35.6. The standard InChI is InChI=1S/C14H18N2O5/c1-16(2)12-8(4-5-11(15)10(12)7-17)6-9(13(18)19)14(20)21-3/h4-5,7,9H,6,15H2,1-3H3,(H,18,19). The van der Waals surface area contributed by atoms with Crippen molar-refractivity contribution < 1.29 is 24.2 Å². The predicted octanol–water partition coefficient (Wildman–Crippen LogP) is 0.564. The molecule has 0 saturated carbocycles. The van der Waals surface area contributed by atoms with Crippen LogP contribution in [0.1, 0.15) is 15.9 Å². The predicted molar refractivity (Wildman–Crippen MR) is 77.4 cm³/mol. The molecule has 0 saturated heterocycles. The summed E-state index contributed by atoms with van der Waals surface area (Å²) in [5, 5.41) is 9.14. The Morgan fingerprint density at radius 3 is 2.48 bits per heavy atom. The summed E-state index contributed by atoms with van der Waals surface area (Å²) in [6, 6.07) is 3.12. The zero-order chi connectivity index (χ0) is 16.2. The summed E-state index contributed by atoms with van der Waals surface area (Å²) >= 11 is 0. The van der Waals surface area contributed by atoms with Gasteiger partial charge in [-0.3, -0.25) is 14.4 Å². The van der Waals surface area contributed by atoms with Gasteiger partial charge in [-0.1, -0.05) is 6.07 Å². The van der Waals surface area contributed by atoms with Crippen LogP contribution in [-0.2, 0) is 20.7 Å². The van der Waals surface area contributed by atoms with Crippen LogP contribution in [-0.4, -0.2) is 44.5 Å². The second-order valence-electron chi connectivity index (χ2n) is 4.71. The van der Waals surface area contributed by atoms with E-state index in [4.69, 9.17) is 10.8 Å². The number of rotatable bonds is 6. The molecule has 0 heterocycles. The second-order valence-corrected chi connectivity index (χ2v) is 4.71. The molecule has 0 aliphatic carbocycles. The minimum Gasteiger partial charge on any atom is -0.481 e. The highest BCUT2D eigenvalue weighted by Crippen LogP contribution is 2.29. The van der Waals surface area contributed by atoms with Crippen molar-refractivity contribution in [2.45, 2.75) is 6.42 Å². The molecular formula is C14H18N2O5. The Balaban J connectivity index is 3.33. The molecule has 7 nitrogen and oxygen atoms in total. The van der Waals surface area contributed by atoms with Crippen LogP contribution in [0.5, 0.6) is 0 Å². The van der Waals surface area contributed by atoms with E-state index in [1.165, 1.54) is 6.07 Å². The minimum atomic E-state index is -1.34. The van der Waals surface area contributed by atoms with Crippen molar-refractivity contribution in [2.75, 3.05) is 31.8 Å². The Morgan fingerprint density at radius 2 is 2.05 bits per heavy atom. The zero-order valence-electron chi connectivity index (χ0n) is 12.1. The zero-order valence-corrected chi connectivity index (χ0v) is 12.1. The van der Waals surface area contributed by atoms with Gasteiger partial charge in [-0.2, -0.15) is 0 Å². The van der Waals surface area contributed by atoms with Crippen molar-refractivity contribution in [3.8, 4) is 0 Å². The van der Waals surface area contributed by atoms with Crippen LogP contribution in [0.15, 0.2) is 12.1 Å². The Hall–Kier alpha value is -2.57. The number of aldehydes is 1. The van der Waals surface area contributed by atoms with Gasteiger partial charge < -0.3 is 20.5 Å². The molecule has 3 N–H and O–H groups in total. The van der Waals surface area contributed by atoms with Crippen LogP contribution in [0.25, 0.3) is 0 Å². The number of methoxy groups -OCH3 is 1. The summed E-state index contributed by atoms with van der Waals surface area (Å²) in [7, 11) is 4.54. The molecule has 114 valence electrons. The Labute approximate surface area is 122 Å². The summed E-state index contributed by atoms with van der Waals surface area (Å²) in [5.41, 5.74) is 7.35. The molecule has 0 aliphatic heterocycles. The molecular weight excluding hydrogens is 276 g/mol. The lowest BCUT2D eigenvalue weighted by atomic mass is 9.95. The normalized spacial score (nSPS) is 11.6. The molecule has 0 spiro atoms. The van der Waals surface area contributed by atoms with Crippen molar-refractivity contribution in [1.82, 2.24) is 0 Å². The van der Waals surface area contributed by atoms with Gasteiger partial charge in [0.15, 0.2) is 12.2 Å². The number of hydrogen-bond donors (Lipinski definition) is 2. The molecule has 1 rings (SSSR count).